The number of amides is 1. The first-order chi connectivity index (χ1) is 7.18. The molecule has 1 aliphatic carbocycles. The number of hydrogen-bond donors (Lipinski definition) is 2. The van der Waals surface area contributed by atoms with Crippen LogP contribution in [0.5, 0.6) is 5.75 Å². The van der Waals surface area contributed by atoms with E-state index in [4.69, 9.17) is 16.2 Å². The molecule has 0 unspecified atom stereocenters. The lowest BCUT2D eigenvalue weighted by atomic mass is 9.96. The van der Waals surface area contributed by atoms with Gasteiger partial charge in [-0.1, -0.05) is 6.07 Å². The molecule has 4 nitrogen and oxygen atoms in total. The number of carbonyl (C=O) groups is 1. The molecule has 0 heterocycles. The van der Waals surface area contributed by atoms with Crippen LogP contribution >= 0.6 is 0 Å². The Bertz CT molecular complexity index is 386. The zero-order valence-electron chi connectivity index (χ0n) is 8.40. The van der Waals surface area contributed by atoms with Crippen molar-refractivity contribution in [3.05, 3.63) is 23.8 Å². The van der Waals surface area contributed by atoms with Crippen molar-refractivity contribution >= 4 is 11.6 Å². The van der Waals surface area contributed by atoms with E-state index >= 15 is 0 Å². The summed E-state index contributed by atoms with van der Waals surface area (Å²) in [7, 11) is 0. The number of hydrogen-bond acceptors (Lipinski definition) is 3. The quantitative estimate of drug-likeness (QED) is 0.731. The lowest BCUT2D eigenvalue weighted by Gasteiger charge is -2.27. The van der Waals surface area contributed by atoms with Crippen molar-refractivity contribution < 1.29 is 9.53 Å². The van der Waals surface area contributed by atoms with Crippen LogP contribution in [0, 0.1) is 0 Å². The molecule has 0 atom stereocenters. The van der Waals surface area contributed by atoms with Crippen molar-refractivity contribution in [2.75, 3.05) is 5.73 Å². The fraction of sp³-hybridized carbons (Fsp3) is 0.364. The molecule has 15 heavy (non-hydrogen) atoms. The number of nitrogen functional groups attached to an aromatic ring is 1. The first-order valence-corrected chi connectivity index (χ1v) is 5.03. The Morgan fingerprint density at radius 3 is 2.67 bits per heavy atom. The fourth-order valence-corrected chi connectivity index (χ4v) is 1.53. The maximum atomic E-state index is 11.0. The topological polar surface area (TPSA) is 78.3 Å². The molecule has 0 spiro atoms. The second kappa shape index (κ2) is 3.81. The van der Waals surface area contributed by atoms with Gasteiger partial charge in [0.1, 0.15) is 5.75 Å². The molecule has 0 bridgehead atoms. The van der Waals surface area contributed by atoms with Crippen LogP contribution in [0.1, 0.15) is 29.6 Å². The Labute approximate surface area is 88.2 Å². The van der Waals surface area contributed by atoms with Gasteiger partial charge in [0, 0.05) is 0 Å². The number of carbonyl (C=O) groups excluding carboxylic acids is 1. The number of nitrogens with two attached hydrogens (primary N) is 2. The van der Waals surface area contributed by atoms with Gasteiger partial charge in [0.05, 0.1) is 17.4 Å². The zero-order valence-corrected chi connectivity index (χ0v) is 8.40. The van der Waals surface area contributed by atoms with Crippen LogP contribution in [0.15, 0.2) is 18.2 Å². The van der Waals surface area contributed by atoms with Crippen LogP contribution in [-0.2, 0) is 0 Å². The van der Waals surface area contributed by atoms with Crippen LogP contribution in [0.3, 0.4) is 0 Å². The van der Waals surface area contributed by atoms with E-state index in [1.165, 1.54) is 6.42 Å². The molecule has 0 saturated heterocycles. The van der Waals surface area contributed by atoms with E-state index in [1.54, 1.807) is 18.2 Å². The number of ether oxygens (including phenoxy) is 1. The monoisotopic (exact) mass is 206 g/mol. The maximum absolute atomic E-state index is 11.0. The third kappa shape index (κ3) is 1.88. The Kier molecular flexibility index (Phi) is 2.49. The van der Waals surface area contributed by atoms with Gasteiger partial charge < -0.3 is 16.2 Å². The highest BCUT2D eigenvalue weighted by molar-refractivity contribution is 5.99. The summed E-state index contributed by atoms with van der Waals surface area (Å²) in [6.45, 7) is 0. The second-order valence-corrected chi connectivity index (χ2v) is 3.75. The van der Waals surface area contributed by atoms with Crippen molar-refractivity contribution in [3.63, 3.8) is 0 Å². The summed E-state index contributed by atoms with van der Waals surface area (Å²) in [5.41, 5.74) is 11.6. The smallest absolute Gasteiger partial charge is 0.250 e. The summed E-state index contributed by atoms with van der Waals surface area (Å²) in [5, 5.41) is 0. The summed E-state index contributed by atoms with van der Waals surface area (Å²) in [4.78, 5) is 11.0. The Hall–Kier alpha value is -1.71. The van der Waals surface area contributed by atoms with E-state index in [-0.39, 0.29) is 6.10 Å². The molecule has 0 aromatic heterocycles. The summed E-state index contributed by atoms with van der Waals surface area (Å²) >= 11 is 0. The molecule has 1 aromatic rings. The van der Waals surface area contributed by atoms with Gasteiger partial charge in [-0.3, -0.25) is 4.79 Å². The lowest BCUT2D eigenvalue weighted by molar-refractivity contribution is 0.0998. The minimum Gasteiger partial charge on any atom is -0.488 e. The zero-order chi connectivity index (χ0) is 10.8. The number of rotatable bonds is 3. The molecule has 1 aliphatic rings. The van der Waals surface area contributed by atoms with Gasteiger partial charge in [0.15, 0.2) is 0 Å². The summed E-state index contributed by atoms with van der Waals surface area (Å²) in [5.74, 6) is 0.0440. The molecule has 0 radical (unpaired) electrons. The van der Waals surface area contributed by atoms with Crippen LogP contribution in [0.25, 0.3) is 0 Å². The highest BCUT2D eigenvalue weighted by Crippen LogP contribution is 2.30. The van der Waals surface area contributed by atoms with Crippen LogP contribution in [-0.4, -0.2) is 12.0 Å². The summed E-state index contributed by atoms with van der Waals surface area (Å²) < 4.78 is 5.64. The standard InChI is InChI=1S/C11H14N2O2/c12-10-8(11(13)14)5-2-6-9(10)15-7-3-1-4-7/h2,5-7H,1,3-4,12H2,(H2,13,14). The predicted octanol–water partition coefficient (Wildman–Crippen LogP) is 1.30. The Morgan fingerprint density at radius 1 is 1.40 bits per heavy atom. The lowest BCUT2D eigenvalue weighted by Crippen LogP contribution is -2.25. The predicted molar refractivity (Wildman–Crippen MR) is 57.6 cm³/mol. The highest BCUT2D eigenvalue weighted by Gasteiger charge is 2.21. The van der Waals surface area contributed by atoms with Crippen molar-refractivity contribution in [2.45, 2.75) is 25.4 Å². The van der Waals surface area contributed by atoms with Crippen molar-refractivity contribution in [1.82, 2.24) is 0 Å². The molecule has 1 fully saturated rings. The molecule has 1 aromatic carbocycles. The van der Waals surface area contributed by atoms with Crippen molar-refractivity contribution in [2.24, 2.45) is 5.73 Å². The number of primary amides is 1. The molecule has 2 rings (SSSR count). The van der Waals surface area contributed by atoms with Gasteiger partial charge in [0.2, 0.25) is 0 Å². The Balaban J connectivity index is 2.22. The summed E-state index contributed by atoms with van der Waals surface area (Å²) in [6.07, 6.45) is 3.55. The fourth-order valence-electron chi connectivity index (χ4n) is 1.53. The molecule has 4 heteroatoms. The second-order valence-electron chi connectivity index (χ2n) is 3.75. The molecule has 80 valence electrons. The Morgan fingerprint density at radius 2 is 2.13 bits per heavy atom. The van der Waals surface area contributed by atoms with Crippen molar-refractivity contribution in [3.8, 4) is 5.75 Å². The number of benzene rings is 1. The minimum absolute atomic E-state index is 0.246. The summed E-state index contributed by atoms with van der Waals surface area (Å²) in [6, 6.07) is 5.09. The van der Waals surface area contributed by atoms with Crippen LogP contribution in [0.4, 0.5) is 5.69 Å². The first kappa shape index (κ1) is 9.83. The van der Waals surface area contributed by atoms with E-state index in [9.17, 15) is 4.79 Å². The van der Waals surface area contributed by atoms with Gasteiger partial charge in [-0.15, -0.1) is 0 Å². The third-order valence-corrected chi connectivity index (χ3v) is 2.68. The van der Waals surface area contributed by atoms with E-state index in [0.717, 1.165) is 12.8 Å². The van der Waals surface area contributed by atoms with Crippen molar-refractivity contribution in [1.29, 1.82) is 0 Å². The normalized spacial score (nSPS) is 15.7. The molecular formula is C11H14N2O2. The average Bonchev–Trinajstić information content (AvgIpc) is 2.13. The maximum Gasteiger partial charge on any atom is 0.250 e. The van der Waals surface area contributed by atoms with E-state index in [0.29, 0.717) is 17.0 Å². The number of para-hydroxylation sites is 1. The molecule has 4 N–H and O–H groups in total. The third-order valence-electron chi connectivity index (χ3n) is 2.68. The van der Waals surface area contributed by atoms with Gasteiger partial charge >= 0.3 is 0 Å². The van der Waals surface area contributed by atoms with Crippen LogP contribution in [0.2, 0.25) is 0 Å². The highest BCUT2D eigenvalue weighted by atomic mass is 16.5. The molecule has 0 aliphatic heterocycles. The molecule has 1 saturated carbocycles. The minimum atomic E-state index is -0.522. The largest absolute Gasteiger partial charge is 0.488 e. The average molecular weight is 206 g/mol. The first-order valence-electron chi connectivity index (χ1n) is 5.03. The van der Waals surface area contributed by atoms with Gasteiger partial charge in [-0.05, 0) is 31.4 Å². The molecule has 1 amide bonds. The molecular weight excluding hydrogens is 192 g/mol. The van der Waals surface area contributed by atoms with Gasteiger partial charge in [0.25, 0.3) is 5.91 Å². The number of anilines is 1. The van der Waals surface area contributed by atoms with E-state index in [2.05, 4.69) is 0 Å². The van der Waals surface area contributed by atoms with Crippen LogP contribution < -0.4 is 16.2 Å². The van der Waals surface area contributed by atoms with Gasteiger partial charge in [-0.25, -0.2) is 0 Å². The van der Waals surface area contributed by atoms with E-state index < -0.39 is 5.91 Å². The van der Waals surface area contributed by atoms with E-state index in [1.807, 2.05) is 0 Å². The van der Waals surface area contributed by atoms with Gasteiger partial charge in [-0.2, -0.15) is 0 Å². The SMILES string of the molecule is NC(=O)c1cccc(OC2CCC2)c1N.